The van der Waals surface area contributed by atoms with Gasteiger partial charge in [0.2, 0.25) is 0 Å². The van der Waals surface area contributed by atoms with Crippen LogP contribution in [0.1, 0.15) is 5.56 Å². The lowest BCUT2D eigenvalue weighted by molar-refractivity contribution is -0.129. The summed E-state index contributed by atoms with van der Waals surface area (Å²) in [6.07, 6.45) is 0. The minimum atomic E-state index is -1.20. The molecule has 0 aromatic heterocycles. The van der Waals surface area contributed by atoms with Gasteiger partial charge in [0.25, 0.3) is 0 Å². The number of carbonyl (C=O) groups is 1. The molecular formula is C8H7NO2. The average Bonchev–Trinajstić information content (AvgIpc) is 2.05. The number of aliphatic carboxylic acids is 1. The van der Waals surface area contributed by atoms with E-state index in [0.29, 0.717) is 5.56 Å². The van der Waals surface area contributed by atoms with Crippen LogP contribution in [0.25, 0.3) is 0 Å². The van der Waals surface area contributed by atoms with E-state index in [-0.39, 0.29) is 5.71 Å². The third kappa shape index (κ3) is 1.64. The Balaban J connectivity index is 2.95. The van der Waals surface area contributed by atoms with Gasteiger partial charge in [0.1, 0.15) is 5.71 Å². The molecule has 0 amide bonds. The highest BCUT2D eigenvalue weighted by atomic mass is 16.4. The molecule has 1 aromatic rings. The first-order valence-corrected chi connectivity index (χ1v) is 3.09. The zero-order chi connectivity index (χ0) is 8.27. The maximum absolute atomic E-state index is 10.3. The molecule has 1 aromatic carbocycles. The van der Waals surface area contributed by atoms with E-state index in [2.05, 4.69) is 0 Å². The summed E-state index contributed by atoms with van der Waals surface area (Å²) in [7, 11) is 0. The Morgan fingerprint density at radius 1 is 1.27 bits per heavy atom. The molecule has 0 bridgehead atoms. The molecule has 3 heteroatoms. The van der Waals surface area contributed by atoms with Crippen molar-refractivity contribution in [2.45, 2.75) is 0 Å². The van der Waals surface area contributed by atoms with E-state index < -0.39 is 5.97 Å². The quantitative estimate of drug-likeness (QED) is 0.619. The molecule has 0 heterocycles. The molecule has 0 unspecified atom stereocenters. The molecule has 0 spiro atoms. The first-order chi connectivity index (χ1) is 5.22. The van der Waals surface area contributed by atoms with E-state index in [1.165, 1.54) is 0 Å². The Labute approximate surface area is 63.8 Å². The van der Waals surface area contributed by atoms with E-state index in [9.17, 15) is 4.79 Å². The number of hydrogen-bond acceptors (Lipinski definition) is 2. The van der Waals surface area contributed by atoms with Gasteiger partial charge in [0, 0.05) is 5.56 Å². The van der Waals surface area contributed by atoms with Gasteiger partial charge in [-0.3, -0.25) is 5.41 Å². The summed E-state index contributed by atoms with van der Waals surface area (Å²) in [6.45, 7) is 0. The van der Waals surface area contributed by atoms with Gasteiger partial charge in [-0.2, -0.15) is 0 Å². The van der Waals surface area contributed by atoms with Gasteiger partial charge in [-0.1, -0.05) is 30.3 Å². The van der Waals surface area contributed by atoms with Crippen LogP contribution >= 0.6 is 0 Å². The van der Waals surface area contributed by atoms with Gasteiger partial charge in [-0.15, -0.1) is 0 Å². The summed E-state index contributed by atoms with van der Waals surface area (Å²) in [5.74, 6) is -1.20. The summed E-state index contributed by atoms with van der Waals surface area (Å²) in [5, 5.41) is 15.5. The van der Waals surface area contributed by atoms with Crippen molar-refractivity contribution in [3.05, 3.63) is 35.9 Å². The van der Waals surface area contributed by atoms with Gasteiger partial charge in [-0.05, 0) is 0 Å². The Bertz CT molecular complexity index is 279. The molecule has 0 saturated carbocycles. The van der Waals surface area contributed by atoms with Gasteiger partial charge in [0.15, 0.2) is 0 Å². The molecule has 11 heavy (non-hydrogen) atoms. The molecule has 0 aliphatic heterocycles. The minimum Gasteiger partial charge on any atom is -0.477 e. The third-order valence-corrected chi connectivity index (χ3v) is 1.28. The van der Waals surface area contributed by atoms with Gasteiger partial charge in [-0.25, -0.2) is 4.79 Å². The topological polar surface area (TPSA) is 61.2 Å². The van der Waals surface area contributed by atoms with E-state index in [1.54, 1.807) is 30.3 Å². The summed E-state index contributed by atoms with van der Waals surface area (Å²) < 4.78 is 0. The normalized spacial score (nSPS) is 9.09. The highest BCUT2D eigenvalue weighted by molar-refractivity contribution is 6.41. The van der Waals surface area contributed by atoms with Crippen molar-refractivity contribution >= 4 is 11.7 Å². The number of carboxylic acid groups (broad SMARTS) is 1. The monoisotopic (exact) mass is 149 g/mol. The Morgan fingerprint density at radius 2 is 1.82 bits per heavy atom. The second-order valence-corrected chi connectivity index (χ2v) is 2.05. The second kappa shape index (κ2) is 2.96. The van der Waals surface area contributed by atoms with Crippen LogP contribution in [0.5, 0.6) is 0 Å². The molecule has 3 nitrogen and oxygen atoms in total. The van der Waals surface area contributed by atoms with Crippen LogP contribution in [0.15, 0.2) is 30.3 Å². The first-order valence-electron chi connectivity index (χ1n) is 3.09. The van der Waals surface area contributed by atoms with E-state index >= 15 is 0 Å². The van der Waals surface area contributed by atoms with Crippen LogP contribution in [-0.2, 0) is 4.79 Å². The standard InChI is InChI=1S/C8H7NO2/c9-7(8(10)11)6-4-2-1-3-5-6/h1-5,9H,(H,10,11). The van der Waals surface area contributed by atoms with Crippen LogP contribution in [0.3, 0.4) is 0 Å². The smallest absolute Gasteiger partial charge is 0.354 e. The summed E-state index contributed by atoms with van der Waals surface area (Å²) in [4.78, 5) is 10.3. The maximum atomic E-state index is 10.3. The Hall–Kier alpha value is -1.64. The minimum absolute atomic E-state index is 0.370. The Kier molecular flexibility index (Phi) is 2.01. The summed E-state index contributed by atoms with van der Waals surface area (Å²) in [5.41, 5.74) is 0.0607. The van der Waals surface area contributed by atoms with Gasteiger partial charge >= 0.3 is 5.97 Å². The number of hydrogen-bond donors (Lipinski definition) is 2. The van der Waals surface area contributed by atoms with Crippen LogP contribution in [0.2, 0.25) is 0 Å². The lowest BCUT2D eigenvalue weighted by atomic mass is 10.1. The zero-order valence-electron chi connectivity index (χ0n) is 5.74. The van der Waals surface area contributed by atoms with Crippen molar-refractivity contribution in [1.82, 2.24) is 0 Å². The molecule has 56 valence electrons. The molecule has 0 fully saturated rings. The van der Waals surface area contributed by atoms with Crippen molar-refractivity contribution in [3.63, 3.8) is 0 Å². The lowest BCUT2D eigenvalue weighted by Gasteiger charge is -1.95. The fourth-order valence-corrected chi connectivity index (χ4v) is 0.728. The third-order valence-electron chi connectivity index (χ3n) is 1.28. The zero-order valence-corrected chi connectivity index (χ0v) is 5.74. The van der Waals surface area contributed by atoms with Crippen molar-refractivity contribution < 1.29 is 9.90 Å². The van der Waals surface area contributed by atoms with E-state index in [0.717, 1.165) is 0 Å². The fraction of sp³-hybridized carbons (Fsp3) is 0. The molecular weight excluding hydrogens is 142 g/mol. The second-order valence-electron chi connectivity index (χ2n) is 2.05. The van der Waals surface area contributed by atoms with Crippen LogP contribution < -0.4 is 0 Å². The van der Waals surface area contributed by atoms with Crippen molar-refractivity contribution in [2.24, 2.45) is 0 Å². The molecule has 0 aliphatic carbocycles. The molecule has 0 saturated heterocycles. The first kappa shape index (κ1) is 7.47. The highest BCUT2D eigenvalue weighted by Crippen LogP contribution is 1.98. The molecule has 1 rings (SSSR count). The largest absolute Gasteiger partial charge is 0.477 e. The molecule has 0 atom stereocenters. The maximum Gasteiger partial charge on any atom is 0.354 e. The van der Waals surface area contributed by atoms with Crippen molar-refractivity contribution in [1.29, 1.82) is 5.41 Å². The SMILES string of the molecule is N=C(C(=O)O)c1ccccc1. The average molecular weight is 149 g/mol. The van der Waals surface area contributed by atoms with Crippen LogP contribution in [-0.4, -0.2) is 16.8 Å². The number of benzene rings is 1. The van der Waals surface area contributed by atoms with Crippen molar-refractivity contribution in [2.75, 3.05) is 0 Å². The van der Waals surface area contributed by atoms with Crippen LogP contribution in [0, 0.1) is 5.41 Å². The van der Waals surface area contributed by atoms with Gasteiger partial charge in [0.05, 0.1) is 0 Å². The lowest BCUT2D eigenvalue weighted by Crippen LogP contribution is -2.12. The Morgan fingerprint density at radius 3 is 2.27 bits per heavy atom. The van der Waals surface area contributed by atoms with E-state index in [4.69, 9.17) is 10.5 Å². The van der Waals surface area contributed by atoms with E-state index in [1.807, 2.05) is 0 Å². The number of carboxylic acids is 1. The number of nitrogens with one attached hydrogen (secondary N) is 1. The van der Waals surface area contributed by atoms with Crippen LogP contribution in [0.4, 0.5) is 0 Å². The predicted molar refractivity (Wildman–Crippen MR) is 40.9 cm³/mol. The predicted octanol–water partition coefficient (Wildman–Crippen LogP) is 1.14. The molecule has 2 N–H and O–H groups in total. The molecule has 0 radical (unpaired) electrons. The summed E-state index contributed by atoms with van der Waals surface area (Å²) in [6, 6.07) is 8.37. The van der Waals surface area contributed by atoms with Gasteiger partial charge < -0.3 is 5.11 Å². The van der Waals surface area contributed by atoms with Crippen molar-refractivity contribution in [3.8, 4) is 0 Å². The number of rotatable bonds is 2. The highest BCUT2D eigenvalue weighted by Gasteiger charge is 2.07. The fourth-order valence-electron chi connectivity index (χ4n) is 0.728. The molecule has 0 aliphatic rings. The summed E-state index contributed by atoms with van der Waals surface area (Å²) >= 11 is 0.